The van der Waals surface area contributed by atoms with Crippen LogP contribution >= 0.6 is 0 Å². The number of carbonyl (C=O) groups excluding carboxylic acids is 1. The second kappa shape index (κ2) is 8.78. The fourth-order valence-corrected chi connectivity index (χ4v) is 3.57. The summed E-state index contributed by atoms with van der Waals surface area (Å²) < 4.78 is 44.5. The van der Waals surface area contributed by atoms with Gasteiger partial charge in [0.2, 0.25) is 0 Å². The highest BCUT2D eigenvalue weighted by Gasteiger charge is 2.30. The summed E-state index contributed by atoms with van der Waals surface area (Å²) in [4.78, 5) is 14.4. The Morgan fingerprint density at radius 1 is 1.07 bits per heavy atom. The Bertz CT molecular complexity index is 827. The number of hydrogen-bond donors (Lipinski definition) is 0. The van der Waals surface area contributed by atoms with Gasteiger partial charge in [0.05, 0.1) is 17.7 Å². The van der Waals surface area contributed by atoms with Gasteiger partial charge in [-0.05, 0) is 73.8 Å². The van der Waals surface area contributed by atoms with Crippen LogP contribution < -0.4 is 0 Å². The summed E-state index contributed by atoms with van der Waals surface area (Å²) in [5.74, 6) is -0.419. The van der Waals surface area contributed by atoms with Crippen molar-refractivity contribution in [1.29, 1.82) is 0 Å². The van der Waals surface area contributed by atoms with Crippen molar-refractivity contribution in [2.45, 2.75) is 38.9 Å². The molecule has 28 heavy (non-hydrogen) atoms. The van der Waals surface area contributed by atoms with Gasteiger partial charge < -0.3 is 4.74 Å². The molecule has 2 aromatic rings. The summed E-state index contributed by atoms with van der Waals surface area (Å²) in [6.07, 6.45) is -0.985. The van der Waals surface area contributed by atoms with E-state index in [1.165, 1.54) is 18.6 Å². The number of ether oxygens (including phenoxy) is 1. The number of carbonyl (C=O) groups is 1. The van der Waals surface area contributed by atoms with Crippen molar-refractivity contribution in [3.63, 3.8) is 0 Å². The van der Waals surface area contributed by atoms with Gasteiger partial charge in [0.25, 0.3) is 0 Å². The van der Waals surface area contributed by atoms with Crippen LogP contribution in [0.25, 0.3) is 11.1 Å². The standard InChI is InChI=1S/C22H24F3NO2/c1-2-28-21(27)17-9-10-20(16-7-6-8-19(14-16)22(23,24)25)18(13-17)15-26-11-4-3-5-12-26/h6-10,13-14H,2-5,11-12,15H2,1H3. The zero-order chi connectivity index (χ0) is 20.1. The third-order valence-corrected chi connectivity index (χ3v) is 4.96. The normalized spacial score (nSPS) is 15.4. The summed E-state index contributed by atoms with van der Waals surface area (Å²) in [6, 6.07) is 10.4. The molecule has 150 valence electrons. The third kappa shape index (κ3) is 4.93. The van der Waals surface area contributed by atoms with E-state index in [2.05, 4.69) is 4.90 Å². The Labute approximate surface area is 163 Å². The molecule has 0 atom stereocenters. The maximum Gasteiger partial charge on any atom is 0.416 e. The Kier molecular flexibility index (Phi) is 6.39. The van der Waals surface area contributed by atoms with E-state index in [1.807, 2.05) is 0 Å². The quantitative estimate of drug-likeness (QED) is 0.627. The smallest absolute Gasteiger partial charge is 0.416 e. The second-order valence-corrected chi connectivity index (χ2v) is 7.01. The molecule has 0 radical (unpaired) electrons. The lowest BCUT2D eigenvalue weighted by Gasteiger charge is -2.27. The van der Waals surface area contributed by atoms with Gasteiger partial charge in [-0.3, -0.25) is 4.90 Å². The number of likely N-dealkylation sites (tertiary alicyclic amines) is 1. The predicted octanol–water partition coefficient (Wildman–Crippen LogP) is 5.54. The molecule has 1 aliphatic rings. The minimum absolute atomic E-state index is 0.273. The zero-order valence-electron chi connectivity index (χ0n) is 15.9. The number of nitrogens with zero attached hydrogens (tertiary/aromatic N) is 1. The number of esters is 1. The van der Waals surface area contributed by atoms with Crippen LogP contribution in [-0.4, -0.2) is 30.6 Å². The van der Waals surface area contributed by atoms with Gasteiger partial charge in [0, 0.05) is 6.54 Å². The molecule has 0 N–H and O–H groups in total. The summed E-state index contributed by atoms with van der Waals surface area (Å²) in [5.41, 5.74) is 1.79. The van der Waals surface area contributed by atoms with E-state index in [-0.39, 0.29) is 6.61 Å². The molecule has 6 heteroatoms. The lowest BCUT2D eigenvalue weighted by molar-refractivity contribution is -0.137. The Morgan fingerprint density at radius 3 is 2.50 bits per heavy atom. The molecule has 3 nitrogen and oxygen atoms in total. The SMILES string of the molecule is CCOC(=O)c1ccc(-c2cccc(C(F)(F)F)c2)c(CN2CCCCC2)c1. The number of piperidine rings is 1. The van der Waals surface area contributed by atoms with E-state index in [0.717, 1.165) is 37.6 Å². The summed E-state index contributed by atoms with van der Waals surface area (Å²) >= 11 is 0. The van der Waals surface area contributed by atoms with E-state index in [9.17, 15) is 18.0 Å². The highest BCUT2D eigenvalue weighted by Crippen LogP contribution is 2.34. The summed E-state index contributed by atoms with van der Waals surface area (Å²) in [5, 5.41) is 0. The maximum atomic E-state index is 13.1. The third-order valence-electron chi connectivity index (χ3n) is 4.96. The lowest BCUT2D eigenvalue weighted by Crippen LogP contribution is -2.29. The second-order valence-electron chi connectivity index (χ2n) is 7.01. The number of alkyl halides is 3. The first-order chi connectivity index (χ1) is 13.4. The van der Waals surface area contributed by atoms with E-state index >= 15 is 0 Å². The molecular formula is C22H24F3NO2. The molecule has 0 amide bonds. The number of halogens is 3. The van der Waals surface area contributed by atoms with Gasteiger partial charge >= 0.3 is 12.1 Å². The lowest BCUT2D eigenvalue weighted by atomic mass is 9.95. The topological polar surface area (TPSA) is 29.5 Å². The van der Waals surface area contributed by atoms with Gasteiger partial charge in [-0.25, -0.2) is 4.79 Å². The van der Waals surface area contributed by atoms with Crippen LogP contribution in [0.3, 0.4) is 0 Å². The van der Waals surface area contributed by atoms with Crippen molar-refractivity contribution in [2.24, 2.45) is 0 Å². The van der Waals surface area contributed by atoms with Crippen molar-refractivity contribution in [3.8, 4) is 11.1 Å². The monoisotopic (exact) mass is 391 g/mol. The molecular weight excluding hydrogens is 367 g/mol. The van der Waals surface area contributed by atoms with Gasteiger partial charge in [0.1, 0.15) is 0 Å². The van der Waals surface area contributed by atoms with E-state index < -0.39 is 17.7 Å². The van der Waals surface area contributed by atoms with Crippen molar-refractivity contribution in [2.75, 3.05) is 19.7 Å². The first-order valence-corrected chi connectivity index (χ1v) is 9.58. The van der Waals surface area contributed by atoms with Crippen molar-refractivity contribution >= 4 is 5.97 Å². The first kappa shape index (κ1) is 20.4. The molecule has 1 saturated heterocycles. The molecule has 1 aliphatic heterocycles. The molecule has 0 saturated carbocycles. The van der Waals surface area contributed by atoms with Crippen LogP contribution in [0, 0.1) is 0 Å². The molecule has 2 aromatic carbocycles. The molecule has 0 aromatic heterocycles. The van der Waals surface area contributed by atoms with Crippen LogP contribution in [0.1, 0.15) is 47.7 Å². The molecule has 1 fully saturated rings. The number of hydrogen-bond acceptors (Lipinski definition) is 3. The Morgan fingerprint density at radius 2 is 1.82 bits per heavy atom. The highest BCUT2D eigenvalue weighted by molar-refractivity contribution is 5.90. The van der Waals surface area contributed by atoms with Gasteiger partial charge in [-0.15, -0.1) is 0 Å². The Hall–Kier alpha value is -2.34. The Balaban J connectivity index is 2.00. The summed E-state index contributed by atoms with van der Waals surface area (Å²) in [6.45, 7) is 4.51. The van der Waals surface area contributed by atoms with Crippen molar-refractivity contribution < 1.29 is 22.7 Å². The average Bonchev–Trinajstić information content (AvgIpc) is 2.68. The summed E-state index contributed by atoms with van der Waals surface area (Å²) in [7, 11) is 0. The highest BCUT2D eigenvalue weighted by atomic mass is 19.4. The zero-order valence-corrected chi connectivity index (χ0v) is 15.9. The minimum atomic E-state index is -4.39. The van der Waals surface area contributed by atoms with E-state index in [1.54, 1.807) is 31.2 Å². The van der Waals surface area contributed by atoms with E-state index in [0.29, 0.717) is 23.2 Å². The van der Waals surface area contributed by atoms with Crippen LogP contribution in [0.5, 0.6) is 0 Å². The largest absolute Gasteiger partial charge is 0.462 e. The fourth-order valence-electron chi connectivity index (χ4n) is 3.57. The van der Waals surface area contributed by atoms with Crippen LogP contribution in [0.4, 0.5) is 13.2 Å². The van der Waals surface area contributed by atoms with Gasteiger partial charge in [-0.2, -0.15) is 13.2 Å². The molecule has 0 unspecified atom stereocenters. The van der Waals surface area contributed by atoms with Crippen LogP contribution in [-0.2, 0) is 17.5 Å². The molecule has 0 aliphatic carbocycles. The molecule has 1 heterocycles. The first-order valence-electron chi connectivity index (χ1n) is 9.58. The number of rotatable bonds is 5. The predicted molar refractivity (Wildman–Crippen MR) is 102 cm³/mol. The van der Waals surface area contributed by atoms with Crippen molar-refractivity contribution in [3.05, 3.63) is 59.2 Å². The number of benzene rings is 2. The maximum absolute atomic E-state index is 13.1. The van der Waals surface area contributed by atoms with Gasteiger partial charge in [-0.1, -0.05) is 24.6 Å². The minimum Gasteiger partial charge on any atom is -0.462 e. The molecule has 0 spiro atoms. The molecule has 0 bridgehead atoms. The molecule has 3 rings (SSSR count). The average molecular weight is 391 g/mol. The van der Waals surface area contributed by atoms with Crippen LogP contribution in [0.2, 0.25) is 0 Å². The van der Waals surface area contributed by atoms with Crippen LogP contribution in [0.15, 0.2) is 42.5 Å². The van der Waals surface area contributed by atoms with Gasteiger partial charge in [0.15, 0.2) is 0 Å². The van der Waals surface area contributed by atoms with Crippen molar-refractivity contribution in [1.82, 2.24) is 4.90 Å². The fraction of sp³-hybridized carbons (Fsp3) is 0.409. The van der Waals surface area contributed by atoms with E-state index in [4.69, 9.17) is 4.74 Å².